The Kier molecular flexibility index (Phi) is 5.30. The zero-order valence-electron chi connectivity index (χ0n) is 12.1. The number of halogens is 1. The van der Waals surface area contributed by atoms with Crippen LogP contribution in [0.25, 0.3) is 6.08 Å². The van der Waals surface area contributed by atoms with Crippen LogP contribution < -0.4 is 5.73 Å². The Balaban J connectivity index is 2.40. The van der Waals surface area contributed by atoms with Gasteiger partial charge >= 0.3 is 0 Å². The van der Waals surface area contributed by atoms with Crippen molar-refractivity contribution < 1.29 is 18.6 Å². The second-order valence-electron chi connectivity index (χ2n) is 4.89. The van der Waals surface area contributed by atoms with E-state index in [1.54, 1.807) is 12.1 Å². The molecular formula is C16H16ClNO4S. The molecule has 0 unspecified atom stereocenters. The summed E-state index contributed by atoms with van der Waals surface area (Å²) >= 11 is 5.90. The van der Waals surface area contributed by atoms with Crippen LogP contribution in [0.1, 0.15) is 11.1 Å². The second-order valence-corrected chi connectivity index (χ2v) is 7.13. The Morgan fingerprint density at radius 1 is 1.09 bits per heavy atom. The van der Waals surface area contributed by atoms with Crippen LogP contribution in [0.15, 0.2) is 46.7 Å². The lowest BCUT2D eigenvalue weighted by Gasteiger charge is -2.08. The highest BCUT2D eigenvalue weighted by Crippen LogP contribution is 2.27. The Labute approximate surface area is 139 Å². The molecule has 0 aromatic heterocycles. The summed E-state index contributed by atoms with van der Waals surface area (Å²) in [5, 5.41) is 20.0. The molecule has 0 fully saturated rings. The van der Waals surface area contributed by atoms with Gasteiger partial charge in [0.1, 0.15) is 0 Å². The molecule has 0 heterocycles. The second kappa shape index (κ2) is 7.04. The number of sulfone groups is 1. The molecule has 0 aliphatic rings. The first-order valence-electron chi connectivity index (χ1n) is 6.77. The van der Waals surface area contributed by atoms with Crippen LogP contribution >= 0.6 is 11.6 Å². The minimum atomic E-state index is -3.72. The summed E-state index contributed by atoms with van der Waals surface area (Å²) in [6, 6.07) is 8.68. The first kappa shape index (κ1) is 17.3. The number of aromatic hydroxyl groups is 2. The van der Waals surface area contributed by atoms with Crippen molar-refractivity contribution >= 4 is 27.5 Å². The zero-order chi connectivity index (χ0) is 17.0. The number of nitrogens with two attached hydrogens (primary N) is 1. The van der Waals surface area contributed by atoms with E-state index in [-0.39, 0.29) is 16.4 Å². The number of hydrogen-bond acceptors (Lipinski definition) is 5. The molecule has 4 N–H and O–H groups in total. The highest BCUT2D eigenvalue weighted by molar-refractivity contribution is 7.94. The molecule has 0 aliphatic heterocycles. The van der Waals surface area contributed by atoms with Crippen LogP contribution in [0.3, 0.4) is 0 Å². The summed E-state index contributed by atoms with van der Waals surface area (Å²) in [4.78, 5) is 0.106. The van der Waals surface area contributed by atoms with Crippen molar-refractivity contribution in [3.8, 4) is 11.5 Å². The normalized spacial score (nSPS) is 11.9. The molecule has 0 saturated carbocycles. The monoisotopic (exact) mass is 353 g/mol. The van der Waals surface area contributed by atoms with Crippen molar-refractivity contribution in [2.75, 3.05) is 6.54 Å². The maximum Gasteiger partial charge on any atom is 0.200 e. The Hall–Kier alpha value is -2.02. The van der Waals surface area contributed by atoms with Gasteiger partial charge in [-0.2, -0.15) is 0 Å². The number of phenolic OH excluding ortho intramolecular Hbond substituents is 2. The van der Waals surface area contributed by atoms with Crippen molar-refractivity contribution in [3.63, 3.8) is 0 Å². The van der Waals surface area contributed by atoms with Crippen molar-refractivity contribution in [2.45, 2.75) is 11.3 Å². The van der Waals surface area contributed by atoms with Crippen molar-refractivity contribution in [1.29, 1.82) is 0 Å². The summed E-state index contributed by atoms with van der Waals surface area (Å²) in [6.07, 6.45) is 1.75. The average Bonchev–Trinajstić information content (AvgIpc) is 2.50. The predicted molar refractivity (Wildman–Crippen MR) is 90.2 cm³/mol. The van der Waals surface area contributed by atoms with Crippen LogP contribution in [0.5, 0.6) is 11.5 Å². The molecule has 0 aliphatic carbocycles. The average molecular weight is 354 g/mol. The van der Waals surface area contributed by atoms with Gasteiger partial charge in [0.2, 0.25) is 0 Å². The topological polar surface area (TPSA) is 101 Å². The van der Waals surface area contributed by atoms with Gasteiger partial charge in [0, 0.05) is 10.4 Å². The molecule has 122 valence electrons. The van der Waals surface area contributed by atoms with Crippen molar-refractivity contribution in [3.05, 3.63) is 58.0 Å². The summed E-state index contributed by atoms with van der Waals surface area (Å²) in [6.45, 7) is 0.319. The minimum absolute atomic E-state index is 0.106. The molecule has 0 amide bonds. The van der Waals surface area contributed by atoms with Gasteiger partial charge < -0.3 is 15.9 Å². The lowest BCUT2D eigenvalue weighted by molar-refractivity contribution is 0.403. The third-order valence-electron chi connectivity index (χ3n) is 3.19. The lowest BCUT2D eigenvalue weighted by atomic mass is 10.1. The van der Waals surface area contributed by atoms with Crippen LogP contribution in [0, 0.1) is 0 Å². The van der Waals surface area contributed by atoms with Gasteiger partial charge in [0.05, 0.1) is 4.90 Å². The number of hydrogen-bond donors (Lipinski definition) is 3. The standard InChI is InChI=1S/C16H16ClNO4S/c17-13-3-2-12(5-7-18)16(10-13)23(21,22)8-6-11-1-4-14(19)15(20)9-11/h1-4,6,8-10,19-20H,5,7,18H2/b8-6+. The van der Waals surface area contributed by atoms with Gasteiger partial charge in [-0.1, -0.05) is 23.7 Å². The molecule has 0 radical (unpaired) electrons. The Morgan fingerprint density at radius 3 is 2.48 bits per heavy atom. The Bertz CT molecular complexity index is 847. The van der Waals surface area contributed by atoms with E-state index in [0.717, 1.165) is 5.41 Å². The number of phenols is 2. The molecule has 0 bridgehead atoms. The largest absolute Gasteiger partial charge is 0.504 e. The summed E-state index contributed by atoms with van der Waals surface area (Å²) in [5.41, 5.74) is 6.54. The lowest BCUT2D eigenvalue weighted by Crippen LogP contribution is -2.08. The van der Waals surface area contributed by atoms with E-state index >= 15 is 0 Å². The molecular weight excluding hydrogens is 338 g/mol. The van der Waals surface area contributed by atoms with Crippen LogP contribution in [-0.4, -0.2) is 25.2 Å². The maximum absolute atomic E-state index is 12.5. The van der Waals surface area contributed by atoms with Gasteiger partial charge in [0.15, 0.2) is 21.3 Å². The van der Waals surface area contributed by atoms with Gasteiger partial charge in [-0.15, -0.1) is 0 Å². The fourth-order valence-corrected chi connectivity index (χ4v) is 3.59. The quantitative estimate of drug-likeness (QED) is 0.717. The minimum Gasteiger partial charge on any atom is -0.504 e. The third-order valence-corrected chi connectivity index (χ3v) is 4.91. The summed E-state index contributed by atoms with van der Waals surface area (Å²) < 4.78 is 25.0. The first-order valence-corrected chi connectivity index (χ1v) is 8.69. The van der Waals surface area contributed by atoms with E-state index in [4.69, 9.17) is 17.3 Å². The van der Waals surface area contributed by atoms with Gasteiger partial charge in [-0.25, -0.2) is 8.42 Å². The van der Waals surface area contributed by atoms with E-state index in [9.17, 15) is 18.6 Å². The maximum atomic E-state index is 12.5. The molecule has 2 rings (SSSR count). The van der Waals surface area contributed by atoms with E-state index in [1.807, 2.05) is 0 Å². The SMILES string of the molecule is NCCc1ccc(Cl)cc1S(=O)(=O)/C=C/c1ccc(O)c(O)c1. The van der Waals surface area contributed by atoms with E-state index in [2.05, 4.69) is 0 Å². The molecule has 0 saturated heterocycles. The fourth-order valence-electron chi connectivity index (χ4n) is 2.04. The highest BCUT2D eigenvalue weighted by Gasteiger charge is 2.16. The number of benzene rings is 2. The highest BCUT2D eigenvalue weighted by atomic mass is 35.5. The molecule has 23 heavy (non-hydrogen) atoms. The van der Waals surface area contributed by atoms with E-state index < -0.39 is 9.84 Å². The van der Waals surface area contributed by atoms with Crippen molar-refractivity contribution in [2.24, 2.45) is 5.73 Å². The molecule has 7 heteroatoms. The predicted octanol–water partition coefficient (Wildman–Crippen LogP) is 2.70. The summed E-state index contributed by atoms with van der Waals surface area (Å²) in [5.74, 6) is -0.596. The number of rotatable bonds is 5. The smallest absolute Gasteiger partial charge is 0.200 e. The van der Waals surface area contributed by atoms with Crippen LogP contribution in [0.4, 0.5) is 0 Å². The molecule has 5 nitrogen and oxygen atoms in total. The van der Waals surface area contributed by atoms with Gasteiger partial charge in [0.25, 0.3) is 0 Å². The van der Waals surface area contributed by atoms with Crippen LogP contribution in [0.2, 0.25) is 5.02 Å². The zero-order valence-corrected chi connectivity index (χ0v) is 13.7. The fraction of sp³-hybridized carbons (Fsp3) is 0.125. The van der Waals surface area contributed by atoms with Gasteiger partial charge in [-0.3, -0.25) is 0 Å². The Morgan fingerprint density at radius 2 is 1.83 bits per heavy atom. The van der Waals surface area contributed by atoms with Crippen LogP contribution in [-0.2, 0) is 16.3 Å². The van der Waals surface area contributed by atoms with E-state index in [0.29, 0.717) is 29.1 Å². The third kappa shape index (κ3) is 4.25. The first-order chi connectivity index (χ1) is 10.8. The molecule has 0 spiro atoms. The van der Waals surface area contributed by atoms with E-state index in [1.165, 1.54) is 30.3 Å². The summed E-state index contributed by atoms with van der Waals surface area (Å²) in [7, 11) is -3.72. The molecule has 2 aromatic rings. The molecule has 0 atom stereocenters. The molecule has 2 aromatic carbocycles. The van der Waals surface area contributed by atoms with Crippen molar-refractivity contribution in [1.82, 2.24) is 0 Å². The van der Waals surface area contributed by atoms with Gasteiger partial charge in [-0.05, 0) is 54.4 Å².